The van der Waals surface area contributed by atoms with Gasteiger partial charge in [0.2, 0.25) is 10.0 Å². The summed E-state index contributed by atoms with van der Waals surface area (Å²) in [4.78, 5) is 0. The van der Waals surface area contributed by atoms with E-state index in [1.54, 1.807) is 0 Å². The van der Waals surface area contributed by atoms with Gasteiger partial charge >= 0.3 is 0 Å². The lowest BCUT2D eigenvalue weighted by Gasteiger charge is -2.08. The maximum absolute atomic E-state index is 11.3. The van der Waals surface area contributed by atoms with Crippen molar-refractivity contribution in [2.24, 2.45) is 5.73 Å². The normalized spacial score (nSPS) is 14.2. The van der Waals surface area contributed by atoms with Gasteiger partial charge in [0.15, 0.2) is 0 Å². The number of nitrogens with two attached hydrogens (primary N) is 1. The predicted molar refractivity (Wildman–Crippen MR) is 56.5 cm³/mol. The Bertz CT molecular complexity index is 227. The first-order valence-corrected chi connectivity index (χ1v) is 6.44. The van der Waals surface area contributed by atoms with Crippen LogP contribution in [0.25, 0.3) is 0 Å². The van der Waals surface area contributed by atoms with Gasteiger partial charge in [-0.25, -0.2) is 13.1 Å². The SMILES string of the molecule is CCOCCS(=O)(=O)NCCC(C)N. The fraction of sp³-hybridized carbons (Fsp3) is 1.00. The molecule has 0 aliphatic carbocycles. The molecule has 0 aromatic carbocycles. The standard InChI is InChI=1S/C8H20N2O3S/c1-3-13-6-7-14(11,12)10-5-4-8(2)9/h8,10H,3-7,9H2,1-2H3. The summed E-state index contributed by atoms with van der Waals surface area (Å²) >= 11 is 0. The van der Waals surface area contributed by atoms with Crippen LogP contribution < -0.4 is 10.5 Å². The summed E-state index contributed by atoms with van der Waals surface area (Å²) in [5, 5.41) is 0. The van der Waals surface area contributed by atoms with Crippen molar-refractivity contribution in [2.75, 3.05) is 25.5 Å². The van der Waals surface area contributed by atoms with Crippen LogP contribution >= 0.6 is 0 Å². The van der Waals surface area contributed by atoms with Gasteiger partial charge in [0, 0.05) is 19.2 Å². The lowest BCUT2D eigenvalue weighted by Crippen LogP contribution is -2.32. The first kappa shape index (κ1) is 13.8. The van der Waals surface area contributed by atoms with Gasteiger partial charge in [-0.05, 0) is 20.3 Å². The van der Waals surface area contributed by atoms with Gasteiger partial charge in [-0.3, -0.25) is 0 Å². The Kier molecular flexibility index (Phi) is 7.08. The zero-order valence-electron chi connectivity index (χ0n) is 8.82. The third kappa shape index (κ3) is 8.43. The van der Waals surface area contributed by atoms with Crippen molar-refractivity contribution in [1.82, 2.24) is 4.72 Å². The molecule has 1 unspecified atom stereocenters. The molecule has 0 amide bonds. The smallest absolute Gasteiger partial charge is 0.213 e. The van der Waals surface area contributed by atoms with Crippen LogP contribution in [0.1, 0.15) is 20.3 Å². The zero-order valence-corrected chi connectivity index (χ0v) is 9.64. The highest BCUT2D eigenvalue weighted by Crippen LogP contribution is 1.88. The Morgan fingerprint density at radius 1 is 1.50 bits per heavy atom. The first-order chi connectivity index (χ1) is 6.48. The largest absolute Gasteiger partial charge is 0.381 e. The molecule has 86 valence electrons. The summed E-state index contributed by atoms with van der Waals surface area (Å²) in [6, 6.07) is 0.0181. The van der Waals surface area contributed by atoms with Crippen molar-refractivity contribution >= 4 is 10.0 Å². The first-order valence-electron chi connectivity index (χ1n) is 4.78. The van der Waals surface area contributed by atoms with E-state index >= 15 is 0 Å². The van der Waals surface area contributed by atoms with E-state index in [0.717, 1.165) is 0 Å². The van der Waals surface area contributed by atoms with Crippen LogP contribution in [-0.4, -0.2) is 40.0 Å². The van der Waals surface area contributed by atoms with Gasteiger partial charge < -0.3 is 10.5 Å². The van der Waals surface area contributed by atoms with Gasteiger partial charge in [0.25, 0.3) is 0 Å². The molecule has 0 heterocycles. The molecule has 1 atom stereocenters. The molecule has 0 aliphatic rings. The van der Waals surface area contributed by atoms with E-state index in [2.05, 4.69) is 4.72 Å². The molecule has 0 aromatic rings. The maximum Gasteiger partial charge on any atom is 0.213 e. The van der Waals surface area contributed by atoms with Crippen LogP contribution in [0.5, 0.6) is 0 Å². The second-order valence-corrected chi connectivity index (χ2v) is 5.10. The van der Waals surface area contributed by atoms with Crippen LogP contribution in [0, 0.1) is 0 Å². The minimum absolute atomic E-state index is 0.0137. The van der Waals surface area contributed by atoms with Crippen molar-refractivity contribution in [1.29, 1.82) is 0 Å². The number of hydrogen-bond donors (Lipinski definition) is 2. The number of nitrogens with one attached hydrogen (secondary N) is 1. The lowest BCUT2D eigenvalue weighted by molar-refractivity contribution is 0.163. The van der Waals surface area contributed by atoms with Crippen LogP contribution in [-0.2, 0) is 14.8 Å². The van der Waals surface area contributed by atoms with E-state index in [0.29, 0.717) is 19.6 Å². The van der Waals surface area contributed by atoms with Crippen molar-refractivity contribution in [3.63, 3.8) is 0 Å². The van der Waals surface area contributed by atoms with Crippen molar-refractivity contribution in [3.05, 3.63) is 0 Å². The molecule has 5 nitrogen and oxygen atoms in total. The number of rotatable bonds is 8. The summed E-state index contributed by atoms with van der Waals surface area (Å²) in [5.74, 6) is 0.0137. The van der Waals surface area contributed by atoms with Crippen molar-refractivity contribution < 1.29 is 13.2 Å². The molecule has 0 radical (unpaired) electrons. The highest BCUT2D eigenvalue weighted by atomic mass is 32.2. The molecule has 0 rings (SSSR count). The van der Waals surface area contributed by atoms with E-state index in [1.807, 2.05) is 13.8 Å². The summed E-state index contributed by atoms with van der Waals surface area (Å²) in [6.07, 6.45) is 0.647. The van der Waals surface area contributed by atoms with E-state index in [9.17, 15) is 8.42 Å². The van der Waals surface area contributed by atoms with Gasteiger partial charge in [0.05, 0.1) is 12.4 Å². The monoisotopic (exact) mass is 224 g/mol. The molecule has 0 aromatic heterocycles. The molecule has 6 heteroatoms. The predicted octanol–water partition coefficient (Wildman–Crippen LogP) is -0.320. The van der Waals surface area contributed by atoms with Crippen LogP contribution in [0.3, 0.4) is 0 Å². The second kappa shape index (κ2) is 7.17. The summed E-state index contributed by atoms with van der Waals surface area (Å²) < 4.78 is 29.9. The molecule has 0 saturated heterocycles. The second-order valence-electron chi connectivity index (χ2n) is 3.18. The van der Waals surface area contributed by atoms with Gasteiger partial charge in [-0.15, -0.1) is 0 Å². The number of sulfonamides is 1. The molecular weight excluding hydrogens is 204 g/mol. The molecular formula is C8H20N2O3S. The Morgan fingerprint density at radius 3 is 2.64 bits per heavy atom. The third-order valence-electron chi connectivity index (χ3n) is 1.62. The Balaban J connectivity index is 3.62. The average molecular weight is 224 g/mol. The molecule has 0 saturated carbocycles. The minimum Gasteiger partial charge on any atom is -0.381 e. The van der Waals surface area contributed by atoms with Crippen LogP contribution in [0.15, 0.2) is 0 Å². The van der Waals surface area contributed by atoms with Gasteiger partial charge in [-0.2, -0.15) is 0 Å². The van der Waals surface area contributed by atoms with E-state index < -0.39 is 10.0 Å². The van der Waals surface area contributed by atoms with E-state index in [-0.39, 0.29) is 18.4 Å². The molecule has 0 bridgehead atoms. The van der Waals surface area contributed by atoms with Crippen molar-refractivity contribution in [2.45, 2.75) is 26.3 Å². The number of ether oxygens (including phenoxy) is 1. The summed E-state index contributed by atoms with van der Waals surface area (Å²) in [6.45, 7) is 4.84. The Labute approximate surface area is 86.1 Å². The van der Waals surface area contributed by atoms with E-state index in [4.69, 9.17) is 10.5 Å². The quantitative estimate of drug-likeness (QED) is 0.554. The fourth-order valence-corrected chi connectivity index (χ4v) is 1.74. The highest BCUT2D eigenvalue weighted by Gasteiger charge is 2.08. The van der Waals surface area contributed by atoms with Gasteiger partial charge in [-0.1, -0.05) is 0 Å². The zero-order chi connectivity index (χ0) is 11.0. The summed E-state index contributed by atoms with van der Waals surface area (Å²) in [7, 11) is -3.18. The minimum atomic E-state index is -3.18. The maximum atomic E-state index is 11.3. The van der Waals surface area contributed by atoms with Crippen molar-refractivity contribution in [3.8, 4) is 0 Å². The van der Waals surface area contributed by atoms with Crippen LogP contribution in [0.4, 0.5) is 0 Å². The Hall–Kier alpha value is -0.170. The van der Waals surface area contributed by atoms with E-state index in [1.165, 1.54) is 0 Å². The molecule has 14 heavy (non-hydrogen) atoms. The lowest BCUT2D eigenvalue weighted by atomic mass is 10.3. The fourth-order valence-electron chi connectivity index (χ4n) is 0.827. The molecule has 3 N–H and O–H groups in total. The number of hydrogen-bond acceptors (Lipinski definition) is 4. The Morgan fingerprint density at radius 2 is 2.14 bits per heavy atom. The molecule has 0 aliphatic heterocycles. The summed E-state index contributed by atoms with van der Waals surface area (Å²) in [5.41, 5.74) is 5.48. The van der Waals surface area contributed by atoms with Gasteiger partial charge in [0.1, 0.15) is 0 Å². The van der Waals surface area contributed by atoms with Crippen LogP contribution in [0.2, 0.25) is 0 Å². The highest BCUT2D eigenvalue weighted by molar-refractivity contribution is 7.89. The average Bonchev–Trinajstić information content (AvgIpc) is 2.03. The topological polar surface area (TPSA) is 81.4 Å². The third-order valence-corrected chi connectivity index (χ3v) is 2.97. The molecule has 0 fully saturated rings. The molecule has 0 spiro atoms.